The van der Waals surface area contributed by atoms with Crippen molar-refractivity contribution in [3.05, 3.63) is 79.9 Å². The summed E-state index contributed by atoms with van der Waals surface area (Å²) in [5, 5.41) is 2.74. The summed E-state index contributed by atoms with van der Waals surface area (Å²) in [4.78, 5) is 0. The number of ether oxygens (including phenoxy) is 3. The summed E-state index contributed by atoms with van der Waals surface area (Å²) in [7, 11) is -1.07. The van der Waals surface area contributed by atoms with Crippen LogP contribution >= 0.6 is 12.2 Å². The van der Waals surface area contributed by atoms with Crippen molar-refractivity contribution in [3.8, 4) is 0 Å². The summed E-state index contributed by atoms with van der Waals surface area (Å²) in [5.41, 5.74) is -0.765. The van der Waals surface area contributed by atoms with Crippen molar-refractivity contribution in [3.63, 3.8) is 0 Å². The minimum atomic E-state index is -2.74. The van der Waals surface area contributed by atoms with Crippen LogP contribution in [0.3, 0.4) is 0 Å². The van der Waals surface area contributed by atoms with Gasteiger partial charge in [-0.15, -0.1) is 6.58 Å². The molecule has 0 spiro atoms. The monoisotopic (exact) mass is 721 g/mol. The molecular formula is C27H35O4SSiU-. The van der Waals surface area contributed by atoms with E-state index in [0.717, 1.165) is 0 Å². The van der Waals surface area contributed by atoms with Crippen LogP contribution in [0.4, 0.5) is 0 Å². The Hall–Kier alpha value is -0.781. The van der Waals surface area contributed by atoms with E-state index in [1.807, 2.05) is 18.2 Å². The summed E-state index contributed by atoms with van der Waals surface area (Å²) >= 11 is 5.18. The summed E-state index contributed by atoms with van der Waals surface area (Å²) < 4.78 is 25.2. The molecule has 4 nitrogen and oxygen atoms in total. The van der Waals surface area contributed by atoms with Crippen molar-refractivity contribution in [1.82, 2.24) is 0 Å². The van der Waals surface area contributed by atoms with Gasteiger partial charge in [0.25, 0.3) is 8.32 Å². The molecule has 34 heavy (non-hydrogen) atoms. The molecule has 0 aromatic heterocycles. The fourth-order valence-corrected chi connectivity index (χ4v) is 9.57. The van der Waals surface area contributed by atoms with E-state index < -0.39 is 20.0 Å². The standard InChI is InChI=1S/C27H35O4SSi.U/c1-7-18-27(25(28-6)24(19-29-27)31-21(2)32)20-30-33(26(3,4)5,22-14-10-8-11-15-22)23-16-12-9-13-17-23;/h7-17,19,24-25H,1,18,20H2,2-6H3;/q-1;/t24-,25-,27+;/m0./s1. The molecule has 0 bridgehead atoms. The van der Waals surface area contributed by atoms with Gasteiger partial charge < -0.3 is 18.6 Å². The van der Waals surface area contributed by atoms with E-state index in [0.29, 0.717) is 18.1 Å². The molecule has 1 fully saturated rings. The molecule has 2 aromatic carbocycles. The Morgan fingerprint density at radius 3 is 2.06 bits per heavy atom. The molecule has 1 saturated heterocycles. The van der Waals surface area contributed by atoms with Crippen LogP contribution in [0.1, 0.15) is 34.1 Å². The fourth-order valence-electron chi connectivity index (χ4n) is 4.85. The normalized spacial score (nSPS) is 22.6. The molecule has 3 rings (SSSR count). The first-order valence-electron chi connectivity index (χ1n) is 11.3. The topological polar surface area (TPSA) is 36.9 Å². The Bertz CT molecular complexity index is 895. The maximum absolute atomic E-state index is 7.17. The third kappa shape index (κ3) is 5.95. The Kier molecular flexibility index (Phi) is 10.8. The third-order valence-electron chi connectivity index (χ3n) is 6.25. The molecule has 2 aromatic rings. The van der Waals surface area contributed by atoms with Gasteiger partial charge >= 0.3 is 0 Å². The quantitative estimate of drug-likeness (QED) is 0.161. The number of hydrogen-bond acceptors (Lipinski definition) is 5. The first-order chi connectivity index (χ1) is 15.7. The van der Waals surface area contributed by atoms with Crippen molar-refractivity contribution >= 4 is 36.0 Å². The van der Waals surface area contributed by atoms with E-state index in [1.54, 1.807) is 20.6 Å². The molecular weight excluding hydrogens is 686 g/mol. The van der Waals surface area contributed by atoms with Crippen LogP contribution in [-0.4, -0.2) is 44.9 Å². The van der Waals surface area contributed by atoms with E-state index in [2.05, 4.69) is 75.9 Å². The van der Waals surface area contributed by atoms with Gasteiger partial charge in [0.1, 0.15) is 0 Å². The van der Waals surface area contributed by atoms with Crippen molar-refractivity contribution in [1.29, 1.82) is 0 Å². The Morgan fingerprint density at radius 1 is 1.12 bits per heavy atom. The first-order valence-corrected chi connectivity index (χ1v) is 13.6. The average Bonchev–Trinajstić information content (AvgIpc) is 3.11. The van der Waals surface area contributed by atoms with Gasteiger partial charge in [0.15, 0.2) is 5.05 Å². The molecule has 1 heterocycles. The number of hydrogen-bond donors (Lipinski definition) is 0. The molecule has 7 heteroatoms. The fraction of sp³-hybridized carbons (Fsp3) is 0.407. The second-order valence-corrected chi connectivity index (χ2v) is 14.4. The zero-order valence-electron chi connectivity index (χ0n) is 20.7. The second kappa shape index (κ2) is 12.5. The van der Waals surface area contributed by atoms with Gasteiger partial charge in [-0.05, 0) is 34.1 Å². The summed E-state index contributed by atoms with van der Waals surface area (Å²) in [6.07, 6.45) is 1.61. The minimum absolute atomic E-state index is 0. The van der Waals surface area contributed by atoms with Gasteiger partial charge in [0.05, 0.1) is 18.3 Å². The molecule has 0 radical (unpaired) electrons. The van der Waals surface area contributed by atoms with Crippen molar-refractivity contribution < 1.29 is 49.7 Å². The molecule has 3 atom stereocenters. The molecule has 0 saturated carbocycles. The molecule has 1 aliphatic rings. The smallest absolute Gasteiger partial charge is 0.261 e. The SMILES string of the molecule is C=CC[C@]1(CO[Si](c2ccccc2)(c2ccccc2)C(C)(C)C)O[CH-][C@H](OC(C)=S)[C@@H]1OC.[U]. The Labute approximate surface area is 234 Å². The van der Waals surface area contributed by atoms with Gasteiger partial charge in [-0.1, -0.05) is 87.5 Å². The number of rotatable bonds is 9. The third-order valence-corrected chi connectivity index (χ3v) is 11.3. The summed E-state index contributed by atoms with van der Waals surface area (Å²) in [6, 6.07) is 21.1. The largest absolute Gasteiger partial charge is 0.540 e. The maximum Gasteiger partial charge on any atom is 0.261 e. The number of thiocarbonyl (C=S) groups is 1. The van der Waals surface area contributed by atoms with Crippen molar-refractivity contribution in [2.75, 3.05) is 13.7 Å². The van der Waals surface area contributed by atoms with Gasteiger partial charge in [-0.25, -0.2) is 0 Å². The van der Waals surface area contributed by atoms with E-state index in [1.165, 1.54) is 10.4 Å². The van der Waals surface area contributed by atoms with Crippen LogP contribution in [0.15, 0.2) is 73.3 Å². The number of methoxy groups -OCH3 is 1. The Morgan fingerprint density at radius 2 is 1.65 bits per heavy atom. The van der Waals surface area contributed by atoms with Crippen LogP contribution in [0, 0.1) is 37.7 Å². The van der Waals surface area contributed by atoms with Crippen molar-refractivity contribution in [2.24, 2.45) is 0 Å². The number of benzene rings is 2. The average molecular weight is 722 g/mol. The molecule has 0 unspecified atom stereocenters. The van der Waals surface area contributed by atoms with Gasteiger partial charge in [-0.3, -0.25) is 0 Å². The van der Waals surface area contributed by atoms with Crippen molar-refractivity contribution in [2.45, 2.75) is 57.0 Å². The predicted molar refractivity (Wildman–Crippen MR) is 140 cm³/mol. The Balaban J connectivity index is 0.00000408. The van der Waals surface area contributed by atoms with Gasteiger partial charge in [-0.2, -0.15) is 6.61 Å². The minimum Gasteiger partial charge on any atom is -0.540 e. The van der Waals surface area contributed by atoms with Gasteiger partial charge in [0.2, 0.25) is 0 Å². The molecule has 0 amide bonds. The zero-order chi connectivity index (χ0) is 24.1. The summed E-state index contributed by atoms with van der Waals surface area (Å²) in [6.45, 7) is 14.5. The van der Waals surface area contributed by atoms with Crippen LogP contribution in [-0.2, 0) is 18.6 Å². The van der Waals surface area contributed by atoms with Crippen LogP contribution in [0.5, 0.6) is 0 Å². The first kappa shape index (κ1) is 29.4. The van der Waals surface area contributed by atoms with E-state index in [9.17, 15) is 0 Å². The van der Waals surface area contributed by atoms with E-state index >= 15 is 0 Å². The molecule has 182 valence electrons. The molecule has 0 N–H and O–H groups in total. The van der Waals surface area contributed by atoms with Crippen LogP contribution < -0.4 is 10.4 Å². The van der Waals surface area contributed by atoms with E-state index in [4.69, 9.17) is 30.9 Å². The van der Waals surface area contributed by atoms with E-state index in [-0.39, 0.29) is 42.3 Å². The van der Waals surface area contributed by atoms with Crippen LogP contribution in [0.25, 0.3) is 0 Å². The second-order valence-electron chi connectivity index (χ2n) is 9.49. The summed E-state index contributed by atoms with van der Waals surface area (Å²) in [5.74, 6) is 0. The van der Waals surface area contributed by atoms with Crippen LogP contribution in [0.2, 0.25) is 5.04 Å². The molecule has 1 aliphatic heterocycles. The molecule has 0 aliphatic carbocycles. The maximum atomic E-state index is 7.17. The predicted octanol–water partition coefficient (Wildman–Crippen LogP) is 4.82. The van der Waals surface area contributed by atoms with Gasteiger partial charge in [0, 0.05) is 51.3 Å². The zero-order valence-corrected chi connectivity index (χ0v) is 26.7.